The van der Waals surface area contributed by atoms with Gasteiger partial charge < -0.3 is 5.73 Å². The number of nitrogens with two attached hydrogens (primary N) is 1. The van der Waals surface area contributed by atoms with Gasteiger partial charge in [0.05, 0.1) is 5.69 Å². The van der Waals surface area contributed by atoms with Crippen molar-refractivity contribution in [2.75, 3.05) is 17.7 Å². The molecule has 94 valence electrons. The van der Waals surface area contributed by atoms with Gasteiger partial charge in [-0.25, -0.2) is 9.67 Å². The lowest BCUT2D eigenvalue weighted by atomic mass is 10.4. The quantitative estimate of drug-likeness (QED) is 0.864. The SMILES string of the molecule is CCn1nc(C)c2nc(N)n(CCS(C)=O)c21. The first-order valence-corrected chi connectivity index (χ1v) is 7.26. The van der Waals surface area contributed by atoms with E-state index in [1.165, 1.54) is 0 Å². The highest BCUT2D eigenvalue weighted by Gasteiger charge is 2.16. The maximum absolute atomic E-state index is 11.2. The normalized spacial score (nSPS) is 13.4. The van der Waals surface area contributed by atoms with Gasteiger partial charge in [0.2, 0.25) is 5.95 Å². The van der Waals surface area contributed by atoms with E-state index in [0.29, 0.717) is 18.2 Å². The number of fused-ring (bicyclic) bond motifs is 1. The van der Waals surface area contributed by atoms with Crippen molar-refractivity contribution in [1.82, 2.24) is 19.3 Å². The molecule has 17 heavy (non-hydrogen) atoms. The summed E-state index contributed by atoms with van der Waals surface area (Å²) in [4.78, 5) is 4.32. The van der Waals surface area contributed by atoms with Crippen LogP contribution in [0.5, 0.6) is 0 Å². The first-order chi connectivity index (χ1) is 8.04. The number of hydrogen-bond acceptors (Lipinski definition) is 4. The third-order valence-corrected chi connectivity index (χ3v) is 3.49. The highest BCUT2D eigenvalue weighted by molar-refractivity contribution is 7.84. The summed E-state index contributed by atoms with van der Waals surface area (Å²) in [5, 5.41) is 4.40. The molecule has 2 rings (SSSR count). The van der Waals surface area contributed by atoms with Crippen LogP contribution in [-0.4, -0.2) is 35.5 Å². The standard InChI is InChI=1S/C10H17N5OS/c1-4-15-9-8(7(2)13-15)12-10(11)14(9)5-6-17(3)16/h4-6H2,1-3H3,(H2,11,12). The van der Waals surface area contributed by atoms with E-state index in [0.717, 1.165) is 23.4 Å². The summed E-state index contributed by atoms with van der Waals surface area (Å²) >= 11 is 0. The van der Waals surface area contributed by atoms with Crippen LogP contribution in [0.3, 0.4) is 0 Å². The monoisotopic (exact) mass is 255 g/mol. The molecule has 7 heteroatoms. The van der Waals surface area contributed by atoms with Gasteiger partial charge in [-0.1, -0.05) is 0 Å². The Kier molecular flexibility index (Phi) is 3.19. The summed E-state index contributed by atoms with van der Waals surface area (Å²) in [5.41, 5.74) is 8.53. The number of imidazole rings is 1. The van der Waals surface area contributed by atoms with Crippen LogP contribution in [0.15, 0.2) is 0 Å². The van der Waals surface area contributed by atoms with Crippen molar-refractivity contribution in [3.05, 3.63) is 5.69 Å². The summed E-state index contributed by atoms with van der Waals surface area (Å²) in [6.07, 6.45) is 1.69. The summed E-state index contributed by atoms with van der Waals surface area (Å²) in [6.45, 7) is 5.32. The summed E-state index contributed by atoms with van der Waals surface area (Å²) in [5.74, 6) is 1.04. The fraction of sp³-hybridized carbons (Fsp3) is 0.600. The largest absolute Gasteiger partial charge is 0.369 e. The Morgan fingerprint density at radius 2 is 2.18 bits per heavy atom. The molecule has 1 unspecified atom stereocenters. The molecule has 0 amide bonds. The van der Waals surface area contributed by atoms with Crippen molar-refractivity contribution in [1.29, 1.82) is 0 Å². The van der Waals surface area contributed by atoms with Crippen LogP contribution in [0.1, 0.15) is 12.6 Å². The summed E-state index contributed by atoms with van der Waals surface area (Å²) < 4.78 is 14.9. The average molecular weight is 255 g/mol. The zero-order valence-electron chi connectivity index (χ0n) is 10.3. The van der Waals surface area contributed by atoms with Crippen LogP contribution >= 0.6 is 0 Å². The molecule has 2 aromatic heterocycles. The number of aromatic nitrogens is 4. The summed E-state index contributed by atoms with van der Waals surface area (Å²) in [7, 11) is -0.837. The van der Waals surface area contributed by atoms with E-state index < -0.39 is 10.8 Å². The lowest BCUT2D eigenvalue weighted by molar-refractivity contribution is 0.641. The highest BCUT2D eigenvalue weighted by atomic mass is 32.2. The molecule has 0 saturated heterocycles. The Morgan fingerprint density at radius 1 is 1.47 bits per heavy atom. The number of rotatable bonds is 4. The zero-order valence-corrected chi connectivity index (χ0v) is 11.1. The van der Waals surface area contributed by atoms with Crippen LogP contribution in [0.25, 0.3) is 11.2 Å². The van der Waals surface area contributed by atoms with Crippen LogP contribution in [0, 0.1) is 6.92 Å². The van der Waals surface area contributed by atoms with E-state index in [9.17, 15) is 4.21 Å². The first-order valence-electron chi connectivity index (χ1n) is 5.53. The topological polar surface area (TPSA) is 78.7 Å². The van der Waals surface area contributed by atoms with Crippen LogP contribution in [-0.2, 0) is 23.9 Å². The molecular formula is C10H17N5OS. The summed E-state index contributed by atoms with van der Waals surface area (Å²) in [6, 6.07) is 0. The molecule has 6 nitrogen and oxygen atoms in total. The molecule has 0 radical (unpaired) electrons. The molecule has 0 aliphatic carbocycles. The second-order valence-electron chi connectivity index (χ2n) is 3.97. The predicted molar refractivity (Wildman–Crippen MR) is 69.3 cm³/mol. The van der Waals surface area contributed by atoms with Crippen LogP contribution < -0.4 is 5.73 Å². The minimum Gasteiger partial charge on any atom is -0.369 e. The number of nitrogen functional groups attached to an aromatic ring is 1. The highest BCUT2D eigenvalue weighted by Crippen LogP contribution is 2.20. The molecule has 0 bridgehead atoms. The minimum absolute atomic E-state index is 0.466. The Bertz CT molecular complexity index is 571. The predicted octanol–water partition coefficient (Wildman–Crippen LogP) is 0.522. The minimum atomic E-state index is -0.837. The van der Waals surface area contributed by atoms with Crippen molar-refractivity contribution in [2.45, 2.75) is 26.9 Å². The van der Waals surface area contributed by atoms with Crippen molar-refractivity contribution < 1.29 is 4.21 Å². The molecule has 1 atom stereocenters. The molecule has 0 spiro atoms. The number of nitrogens with zero attached hydrogens (tertiary/aromatic N) is 4. The second-order valence-corrected chi connectivity index (χ2v) is 5.53. The molecular weight excluding hydrogens is 238 g/mol. The fourth-order valence-corrected chi connectivity index (χ4v) is 2.34. The van der Waals surface area contributed by atoms with Crippen molar-refractivity contribution in [3.8, 4) is 0 Å². The van der Waals surface area contributed by atoms with Gasteiger partial charge in [0.1, 0.15) is 5.52 Å². The Hall–Kier alpha value is -1.37. The van der Waals surface area contributed by atoms with E-state index in [-0.39, 0.29) is 0 Å². The number of aryl methyl sites for hydroxylation is 3. The van der Waals surface area contributed by atoms with Gasteiger partial charge in [0, 0.05) is 35.9 Å². The molecule has 2 aromatic rings. The van der Waals surface area contributed by atoms with E-state index >= 15 is 0 Å². The molecule has 0 aliphatic rings. The maximum atomic E-state index is 11.2. The van der Waals surface area contributed by atoms with E-state index in [1.807, 2.05) is 23.1 Å². The van der Waals surface area contributed by atoms with Gasteiger partial charge in [0.15, 0.2) is 5.65 Å². The van der Waals surface area contributed by atoms with Gasteiger partial charge in [-0.15, -0.1) is 0 Å². The average Bonchev–Trinajstić information content (AvgIpc) is 2.74. The van der Waals surface area contributed by atoms with Crippen molar-refractivity contribution >= 4 is 27.9 Å². The Morgan fingerprint density at radius 3 is 2.76 bits per heavy atom. The van der Waals surface area contributed by atoms with Gasteiger partial charge in [-0.2, -0.15) is 5.10 Å². The lowest BCUT2D eigenvalue weighted by Crippen LogP contribution is -2.12. The lowest BCUT2D eigenvalue weighted by Gasteiger charge is -2.06. The number of hydrogen-bond donors (Lipinski definition) is 1. The smallest absolute Gasteiger partial charge is 0.202 e. The molecule has 2 heterocycles. The molecule has 0 aromatic carbocycles. The van der Waals surface area contributed by atoms with E-state index in [4.69, 9.17) is 5.73 Å². The third-order valence-electron chi connectivity index (χ3n) is 2.73. The van der Waals surface area contributed by atoms with Gasteiger partial charge in [-0.3, -0.25) is 8.78 Å². The van der Waals surface area contributed by atoms with E-state index in [1.54, 1.807) is 6.26 Å². The van der Waals surface area contributed by atoms with Gasteiger partial charge >= 0.3 is 0 Å². The molecule has 0 saturated carbocycles. The zero-order chi connectivity index (χ0) is 12.6. The Labute approximate surface area is 102 Å². The van der Waals surface area contributed by atoms with Crippen LogP contribution in [0.2, 0.25) is 0 Å². The molecule has 0 fully saturated rings. The fourth-order valence-electron chi connectivity index (χ4n) is 1.90. The van der Waals surface area contributed by atoms with Crippen molar-refractivity contribution in [2.24, 2.45) is 0 Å². The third kappa shape index (κ3) is 2.06. The van der Waals surface area contributed by atoms with Crippen LogP contribution in [0.4, 0.5) is 5.95 Å². The van der Waals surface area contributed by atoms with Crippen molar-refractivity contribution in [3.63, 3.8) is 0 Å². The Balaban J connectivity index is 2.52. The number of anilines is 1. The molecule has 0 aliphatic heterocycles. The second kappa shape index (κ2) is 4.48. The van der Waals surface area contributed by atoms with Gasteiger partial charge in [0.25, 0.3) is 0 Å². The van der Waals surface area contributed by atoms with E-state index in [2.05, 4.69) is 10.1 Å². The first kappa shape index (κ1) is 12.1. The molecule has 2 N–H and O–H groups in total. The maximum Gasteiger partial charge on any atom is 0.202 e. The van der Waals surface area contributed by atoms with Gasteiger partial charge in [-0.05, 0) is 13.8 Å².